The molecule has 0 radical (unpaired) electrons. The summed E-state index contributed by atoms with van der Waals surface area (Å²) >= 11 is 1.82. The van der Waals surface area contributed by atoms with Crippen LogP contribution in [0.15, 0.2) is 182 Å². The van der Waals surface area contributed by atoms with Crippen molar-refractivity contribution in [1.82, 2.24) is 4.98 Å². The SMILES string of the molecule is c1ccc(-c2ccc(N(c3ccc(-c4cccc5c4sc4cccnc45)cc3)c3ccc4c(ccc5c6ccccc6ccc45)c3)cc2)cc1. The van der Waals surface area contributed by atoms with Crippen LogP contribution < -0.4 is 4.90 Å². The third-order valence-corrected chi connectivity index (χ3v) is 11.1. The highest BCUT2D eigenvalue weighted by molar-refractivity contribution is 7.26. The zero-order valence-electron chi connectivity index (χ0n) is 27.1. The normalized spacial score (nSPS) is 11.6. The van der Waals surface area contributed by atoms with Gasteiger partial charge >= 0.3 is 0 Å². The summed E-state index contributed by atoms with van der Waals surface area (Å²) in [5.41, 5.74) is 9.27. The number of hydrogen-bond donors (Lipinski definition) is 0. The molecule has 0 atom stereocenters. The lowest BCUT2D eigenvalue weighted by molar-refractivity contribution is 1.29. The van der Waals surface area contributed by atoms with Gasteiger partial charge in [0.25, 0.3) is 0 Å². The molecule has 0 amide bonds. The van der Waals surface area contributed by atoms with Crippen molar-refractivity contribution in [3.05, 3.63) is 182 Å². The maximum absolute atomic E-state index is 4.69. The van der Waals surface area contributed by atoms with Crippen LogP contribution in [-0.2, 0) is 0 Å². The van der Waals surface area contributed by atoms with Gasteiger partial charge in [-0.3, -0.25) is 4.98 Å². The minimum Gasteiger partial charge on any atom is -0.310 e. The van der Waals surface area contributed by atoms with E-state index in [-0.39, 0.29) is 0 Å². The van der Waals surface area contributed by atoms with Crippen LogP contribution in [0.25, 0.3) is 74.9 Å². The summed E-state index contributed by atoms with van der Waals surface area (Å²) < 4.78 is 2.49. The number of rotatable bonds is 5. The third-order valence-electron chi connectivity index (χ3n) is 9.91. The molecule has 2 aromatic heterocycles. The van der Waals surface area contributed by atoms with Gasteiger partial charge in [0, 0.05) is 33.3 Å². The van der Waals surface area contributed by atoms with Gasteiger partial charge in [-0.2, -0.15) is 0 Å². The lowest BCUT2D eigenvalue weighted by Crippen LogP contribution is -2.09. The third kappa shape index (κ3) is 4.74. The van der Waals surface area contributed by atoms with Crippen LogP contribution in [0, 0.1) is 0 Å². The van der Waals surface area contributed by atoms with Gasteiger partial charge in [0.2, 0.25) is 0 Å². The van der Waals surface area contributed by atoms with E-state index in [1.165, 1.54) is 69.4 Å². The molecule has 2 nitrogen and oxygen atoms in total. The molecule has 0 unspecified atom stereocenters. The van der Waals surface area contributed by atoms with E-state index in [1.807, 2.05) is 23.6 Å². The highest BCUT2D eigenvalue weighted by Gasteiger charge is 2.16. The molecule has 0 aliphatic rings. The molecule has 50 heavy (non-hydrogen) atoms. The molecule has 10 rings (SSSR count). The van der Waals surface area contributed by atoms with Gasteiger partial charge in [-0.25, -0.2) is 0 Å². The standard InChI is InChI=1S/C47H30N2S/c1-2-8-31(9-3-1)32-15-21-36(22-16-32)49(38-25-28-40-35(30-38)20-27-42-39-11-5-4-10-33(39)19-26-43(40)42)37-23-17-34(18-24-37)41-12-6-13-44-46-45(50-47(41)44)14-7-29-48-46/h1-30H. The van der Waals surface area contributed by atoms with E-state index in [0.717, 1.165) is 22.6 Å². The molecule has 8 aromatic carbocycles. The van der Waals surface area contributed by atoms with Crippen LogP contribution >= 0.6 is 11.3 Å². The lowest BCUT2D eigenvalue weighted by Gasteiger charge is -2.26. The maximum atomic E-state index is 4.69. The van der Waals surface area contributed by atoms with Crippen LogP contribution in [0.5, 0.6) is 0 Å². The average molecular weight is 655 g/mol. The highest BCUT2D eigenvalue weighted by atomic mass is 32.1. The summed E-state index contributed by atoms with van der Waals surface area (Å²) in [6.45, 7) is 0. The van der Waals surface area contributed by atoms with Crippen LogP contribution in [-0.4, -0.2) is 4.98 Å². The molecular weight excluding hydrogens is 625 g/mol. The van der Waals surface area contributed by atoms with Crippen molar-refractivity contribution in [3.8, 4) is 22.3 Å². The van der Waals surface area contributed by atoms with Gasteiger partial charge in [-0.15, -0.1) is 11.3 Å². The smallest absolute Gasteiger partial charge is 0.0888 e. The van der Waals surface area contributed by atoms with Crippen molar-refractivity contribution in [3.63, 3.8) is 0 Å². The first kappa shape index (κ1) is 28.7. The molecule has 0 aliphatic carbocycles. The Hall–Kier alpha value is -6.29. The second-order valence-electron chi connectivity index (χ2n) is 12.8. The quantitative estimate of drug-likeness (QED) is 0.172. The van der Waals surface area contributed by atoms with Crippen LogP contribution in [0.1, 0.15) is 0 Å². The Kier molecular flexibility index (Phi) is 6.71. The average Bonchev–Trinajstić information content (AvgIpc) is 3.58. The molecule has 3 heteroatoms. The van der Waals surface area contributed by atoms with Crippen molar-refractivity contribution in [2.45, 2.75) is 0 Å². The second-order valence-corrected chi connectivity index (χ2v) is 13.8. The van der Waals surface area contributed by atoms with Crippen molar-refractivity contribution in [2.24, 2.45) is 0 Å². The largest absolute Gasteiger partial charge is 0.310 e. The van der Waals surface area contributed by atoms with Crippen molar-refractivity contribution in [2.75, 3.05) is 4.90 Å². The number of fused-ring (bicyclic) bond motifs is 8. The van der Waals surface area contributed by atoms with Gasteiger partial charge in [0.1, 0.15) is 0 Å². The minimum absolute atomic E-state index is 1.08. The Morgan fingerprint density at radius 2 is 1.02 bits per heavy atom. The van der Waals surface area contributed by atoms with E-state index in [1.54, 1.807) is 0 Å². The van der Waals surface area contributed by atoms with Gasteiger partial charge in [0.05, 0.1) is 10.2 Å². The number of nitrogens with zero attached hydrogens (tertiary/aromatic N) is 2. The summed E-state index contributed by atoms with van der Waals surface area (Å²) in [6.07, 6.45) is 1.88. The molecule has 234 valence electrons. The molecule has 0 saturated heterocycles. The van der Waals surface area contributed by atoms with E-state index >= 15 is 0 Å². The number of anilines is 3. The van der Waals surface area contributed by atoms with E-state index in [0.29, 0.717) is 0 Å². The Labute approximate surface area is 294 Å². The molecular formula is C47H30N2S. The number of hydrogen-bond acceptors (Lipinski definition) is 3. The van der Waals surface area contributed by atoms with Crippen LogP contribution in [0.2, 0.25) is 0 Å². The molecule has 0 saturated carbocycles. The predicted octanol–water partition coefficient (Wildman–Crippen LogP) is 13.7. The molecule has 0 bridgehead atoms. The zero-order valence-corrected chi connectivity index (χ0v) is 27.9. The van der Waals surface area contributed by atoms with E-state index in [9.17, 15) is 0 Å². The Morgan fingerprint density at radius 3 is 1.82 bits per heavy atom. The van der Waals surface area contributed by atoms with Gasteiger partial charge in [0.15, 0.2) is 0 Å². The molecule has 10 aromatic rings. The number of benzene rings is 8. The first-order valence-corrected chi connectivity index (χ1v) is 17.8. The first-order valence-electron chi connectivity index (χ1n) is 17.0. The van der Waals surface area contributed by atoms with E-state index in [4.69, 9.17) is 0 Å². The fraction of sp³-hybridized carbons (Fsp3) is 0. The monoisotopic (exact) mass is 654 g/mol. The molecule has 0 aliphatic heterocycles. The minimum atomic E-state index is 1.08. The predicted molar refractivity (Wildman–Crippen MR) is 215 cm³/mol. The second kappa shape index (κ2) is 11.7. The fourth-order valence-corrected chi connectivity index (χ4v) is 8.67. The number of thiophene rings is 1. The Balaban J connectivity index is 1.10. The lowest BCUT2D eigenvalue weighted by atomic mass is 9.96. The summed E-state index contributed by atoms with van der Waals surface area (Å²) in [5.74, 6) is 0. The van der Waals surface area contributed by atoms with Crippen LogP contribution in [0.4, 0.5) is 17.1 Å². The summed E-state index contributed by atoms with van der Waals surface area (Å²) in [7, 11) is 0. The summed E-state index contributed by atoms with van der Waals surface area (Å²) in [6, 6.07) is 63.8. The molecule has 2 heterocycles. The van der Waals surface area contributed by atoms with Gasteiger partial charge in [-0.1, -0.05) is 127 Å². The topological polar surface area (TPSA) is 16.1 Å². The molecule has 0 fully saturated rings. The van der Waals surface area contributed by atoms with E-state index < -0.39 is 0 Å². The molecule has 0 spiro atoms. The Bertz CT molecular complexity index is 2850. The van der Waals surface area contributed by atoms with Crippen molar-refractivity contribution in [1.29, 1.82) is 0 Å². The van der Waals surface area contributed by atoms with Crippen molar-refractivity contribution >= 4 is 81.0 Å². The van der Waals surface area contributed by atoms with Gasteiger partial charge in [-0.05, 0) is 103 Å². The first-order chi connectivity index (χ1) is 24.8. The van der Waals surface area contributed by atoms with Crippen molar-refractivity contribution < 1.29 is 0 Å². The highest BCUT2D eigenvalue weighted by Crippen LogP contribution is 2.42. The number of aromatic nitrogens is 1. The van der Waals surface area contributed by atoms with Gasteiger partial charge < -0.3 is 4.90 Å². The number of pyridine rings is 1. The van der Waals surface area contributed by atoms with Crippen LogP contribution in [0.3, 0.4) is 0 Å². The molecule has 0 N–H and O–H groups in total. The summed E-state index contributed by atoms with van der Waals surface area (Å²) in [5, 5.41) is 8.82. The fourth-order valence-electron chi connectivity index (χ4n) is 7.47. The summed E-state index contributed by atoms with van der Waals surface area (Å²) in [4.78, 5) is 7.06. The maximum Gasteiger partial charge on any atom is 0.0888 e. The van der Waals surface area contributed by atoms with E-state index in [2.05, 4.69) is 180 Å². The Morgan fingerprint density at radius 1 is 0.400 bits per heavy atom. The zero-order chi connectivity index (χ0) is 33.0.